The molecule has 1 aromatic carbocycles. The maximum Gasteiger partial charge on any atom is 0.0893 e. The predicted molar refractivity (Wildman–Crippen MR) is 51.4 cm³/mol. The highest BCUT2D eigenvalue weighted by Crippen LogP contribution is 1.98. The molecule has 1 nitrogen and oxygen atoms in total. The van der Waals surface area contributed by atoms with E-state index in [1.165, 1.54) is 21.4 Å². The number of rotatable bonds is 2. The molecule has 0 heterocycles. The first-order chi connectivity index (χ1) is 4.79. The second kappa shape index (κ2) is 3.70. The molecule has 2 N–H and O–H groups in total. The lowest BCUT2D eigenvalue weighted by Gasteiger charge is -2.01. The summed E-state index contributed by atoms with van der Waals surface area (Å²) in [4.78, 5) is 0. The van der Waals surface area contributed by atoms with Crippen LogP contribution in [0.5, 0.6) is 0 Å². The molecular formula is C7H13NSi2. The summed E-state index contributed by atoms with van der Waals surface area (Å²) in [5, 5.41) is 5.83. The zero-order valence-corrected chi connectivity index (χ0v) is 9.40. The minimum absolute atomic E-state index is 0.758. The van der Waals surface area contributed by atoms with Gasteiger partial charge in [0.15, 0.2) is 0 Å². The first-order valence-corrected chi connectivity index (χ1v) is 9.69. The molecular weight excluding hydrogens is 154 g/mol. The van der Waals surface area contributed by atoms with E-state index >= 15 is 0 Å². The lowest BCUT2D eigenvalue weighted by molar-refractivity contribution is 1.36. The van der Waals surface area contributed by atoms with E-state index in [0.29, 0.717) is 0 Å². The molecule has 1 rings (SSSR count). The molecule has 0 amide bonds. The van der Waals surface area contributed by atoms with Crippen LogP contribution in [0, 0.1) is 0 Å². The highest BCUT2D eigenvalue weighted by Gasteiger charge is 1.96. The summed E-state index contributed by atoms with van der Waals surface area (Å²) < 4.78 is 0. The molecule has 1 atom stereocenters. The van der Waals surface area contributed by atoms with Crippen molar-refractivity contribution in [3.05, 3.63) is 35.9 Å². The number of nitrogens with two attached hydrogens (primary N) is 1. The van der Waals surface area contributed by atoms with Crippen LogP contribution in [0.1, 0.15) is 5.56 Å². The molecule has 0 radical (unpaired) electrons. The molecule has 1 aromatic rings. The summed E-state index contributed by atoms with van der Waals surface area (Å²) in [6.07, 6.45) is 0. The number of hydrogen-bond donors (Lipinski definition) is 1. The van der Waals surface area contributed by atoms with Crippen LogP contribution in [-0.2, 0) is 6.04 Å². The molecule has 1 unspecified atom stereocenters. The van der Waals surface area contributed by atoms with E-state index in [9.17, 15) is 0 Å². The molecule has 54 valence electrons. The fourth-order valence-electron chi connectivity index (χ4n) is 0.986. The smallest absolute Gasteiger partial charge is 0.0893 e. The number of hydrogen-bond acceptors (Lipinski definition) is 1. The Labute approximate surface area is 66.2 Å². The Morgan fingerprint density at radius 1 is 1.30 bits per heavy atom. The van der Waals surface area contributed by atoms with E-state index in [0.717, 1.165) is 0 Å². The predicted octanol–water partition coefficient (Wildman–Crippen LogP) is -0.687. The van der Waals surface area contributed by atoms with Gasteiger partial charge in [0.05, 0.1) is 8.48 Å². The Hall–Kier alpha value is -0.386. The van der Waals surface area contributed by atoms with E-state index in [1.807, 2.05) is 6.07 Å². The fourth-order valence-corrected chi connectivity index (χ4v) is 3.42. The Morgan fingerprint density at radius 2 is 1.90 bits per heavy atom. The molecule has 3 heteroatoms. The summed E-state index contributed by atoms with van der Waals surface area (Å²) in [6.45, 7) is 0. The summed E-state index contributed by atoms with van der Waals surface area (Å²) in [7, 11) is 0.462. The molecule has 0 spiro atoms. The van der Waals surface area contributed by atoms with Gasteiger partial charge in [0.1, 0.15) is 0 Å². The summed E-state index contributed by atoms with van der Waals surface area (Å²) in [5.74, 6) is 0. The zero-order chi connectivity index (χ0) is 7.40. The van der Waals surface area contributed by atoms with E-state index in [-0.39, 0.29) is 0 Å². The Morgan fingerprint density at radius 3 is 2.40 bits per heavy atom. The van der Waals surface area contributed by atoms with Gasteiger partial charge in [-0.25, -0.2) is 0 Å². The average molecular weight is 167 g/mol. The highest BCUT2D eigenvalue weighted by atomic mass is 29.2. The van der Waals surface area contributed by atoms with Gasteiger partial charge in [0.25, 0.3) is 0 Å². The van der Waals surface area contributed by atoms with Crippen LogP contribution in [0.4, 0.5) is 0 Å². The standard InChI is InChI=1S/C7H13NSi2/c8-10(9)6-7-4-2-1-3-5-7/h1-5,10H,6,8H2,9H3. The Bertz CT molecular complexity index is 186. The average Bonchev–Trinajstić information content (AvgIpc) is 1.88. The van der Waals surface area contributed by atoms with Crippen LogP contribution in [0.25, 0.3) is 0 Å². The molecule has 0 aromatic heterocycles. The summed E-state index contributed by atoms with van der Waals surface area (Å²) >= 11 is 0. The van der Waals surface area contributed by atoms with Gasteiger partial charge in [-0.3, -0.25) is 0 Å². The van der Waals surface area contributed by atoms with Crippen LogP contribution in [0.15, 0.2) is 30.3 Å². The largest absolute Gasteiger partial charge is 0.355 e. The topological polar surface area (TPSA) is 26.0 Å². The van der Waals surface area contributed by atoms with Crippen LogP contribution >= 0.6 is 0 Å². The molecule has 0 fully saturated rings. The van der Waals surface area contributed by atoms with Gasteiger partial charge >= 0.3 is 0 Å². The van der Waals surface area contributed by atoms with Crippen molar-refractivity contribution in [2.75, 3.05) is 0 Å². The van der Waals surface area contributed by atoms with Gasteiger partial charge in [-0.05, 0) is 11.6 Å². The molecule has 0 saturated heterocycles. The third-order valence-electron chi connectivity index (χ3n) is 1.40. The van der Waals surface area contributed by atoms with Crippen molar-refractivity contribution in [1.29, 1.82) is 0 Å². The Kier molecular flexibility index (Phi) is 2.86. The van der Waals surface area contributed by atoms with Crippen molar-refractivity contribution in [2.24, 2.45) is 5.40 Å². The molecule has 10 heavy (non-hydrogen) atoms. The van der Waals surface area contributed by atoms with Crippen molar-refractivity contribution in [3.63, 3.8) is 0 Å². The van der Waals surface area contributed by atoms with Crippen LogP contribution in [0.2, 0.25) is 0 Å². The van der Waals surface area contributed by atoms with E-state index in [2.05, 4.69) is 24.3 Å². The van der Waals surface area contributed by atoms with E-state index in [4.69, 9.17) is 5.40 Å². The Balaban J connectivity index is 2.59. The minimum atomic E-state index is -0.758. The lowest BCUT2D eigenvalue weighted by Crippen LogP contribution is -2.29. The number of benzene rings is 1. The van der Waals surface area contributed by atoms with Crippen molar-refractivity contribution in [3.8, 4) is 0 Å². The van der Waals surface area contributed by atoms with Gasteiger partial charge in [0.2, 0.25) is 0 Å². The summed E-state index contributed by atoms with van der Waals surface area (Å²) in [5.41, 5.74) is 1.41. The monoisotopic (exact) mass is 167 g/mol. The lowest BCUT2D eigenvalue weighted by atomic mass is 10.2. The minimum Gasteiger partial charge on any atom is -0.355 e. The van der Waals surface area contributed by atoms with Crippen molar-refractivity contribution in [2.45, 2.75) is 6.04 Å². The van der Waals surface area contributed by atoms with Gasteiger partial charge < -0.3 is 5.40 Å². The molecule has 0 bridgehead atoms. The second-order valence-electron chi connectivity index (χ2n) is 2.67. The molecule has 0 aliphatic rings. The molecule has 0 aliphatic heterocycles. The van der Waals surface area contributed by atoms with Crippen LogP contribution in [-0.4, -0.2) is 18.2 Å². The van der Waals surface area contributed by atoms with Gasteiger partial charge in [-0.15, -0.1) is 0 Å². The maximum atomic E-state index is 5.83. The summed E-state index contributed by atoms with van der Waals surface area (Å²) in [6, 6.07) is 11.7. The maximum absolute atomic E-state index is 5.83. The van der Waals surface area contributed by atoms with Gasteiger partial charge in [-0.1, -0.05) is 30.3 Å². The second-order valence-corrected chi connectivity index (χ2v) is 9.48. The van der Waals surface area contributed by atoms with Crippen LogP contribution in [0.3, 0.4) is 0 Å². The normalized spacial score (nSPS) is 13.3. The van der Waals surface area contributed by atoms with E-state index in [1.54, 1.807) is 0 Å². The molecule has 0 saturated carbocycles. The highest BCUT2D eigenvalue weighted by molar-refractivity contribution is 7.00. The fraction of sp³-hybridized carbons (Fsp3) is 0.143. The van der Waals surface area contributed by atoms with E-state index < -0.39 is 8.48 Å². The third-order valence-corrected chi connectivity index (χ3v) is 3.74. The SMILES string of the molecule is N[SiH]([SiH3])Cc1ccccc1. The third kappa shape index (κ3) is 2.47. The quantitative estimate of drug-likeness (QED) is 0.580. The van der Waals surface area contributed by atoms with Crippen molar-refractivity contribution >= 4 is 18.2 Å². The van der Waals surface area contributed by atoms with Crippen molar-refractivity contribution in [1.82, 2.24) is 0 Å². The first-order valence-electron chi connectivity index (χ1n) is 3.58. The van der Waals surface area contributed by atoms with Crippen LogP contribution < -0.4 is 5.40 Å². The molecule has 0 aliphatic carbocycles. The first kappa shape index (κ1) is 7.72. The zero-order valence-electron chi connectivity index (χ0n) is 6.25. The van der Waals surface area contributed by atoms with Gasteiger partial charge in [-0.2, -0.15) is 0 Å². The van der Waals surface area contributed by atoms with Crippen molar-refractivity contribution < 1.29 is 0 Å². The van der Waals surface area contributed by atoms with Gasteiger partial charge in [0, 0.05) is 9.76 Å².